The standard InChI is InChI=1S/C16H23Cl2NO/c1-2-11-4-3-7-16(9-11,10-19)15(20)13-8-12(17)5-6-14(13)18/h5-6,8,11,15,20H,2-4,7,9-10,19H2,1H3. The fraction of sp³-hybridized carbons (Fsp3) is 0.625. The van der Waals surface area contributed by atoms with Gasteiger partial charge in [0.05, 0.1) is 6.10 Å². The molecule has 0 aliphatic heterocycles. The van der Waals surface area contributed by atoms with Gasteiger partial charge in [-0.25, -0.2) is 0 Å². The average Bonchev–Trinajstić information content (AvgIpc) is 2.48. The molecule has 2 rings (SSSR count). The first-order valence-corrected chi connectivity index (χ1v) is 8.11. The minimum Gasteiger partial charge on any atom is -0.388 e. The molecular formula is C16H23Cl2NO. The van der Waals surface area contributed by atoms with Crippen LogP contribution < -0.4 is 5.73 Å². The quantitative estimate of drug-likeness (QED) is 0.854. The lowest BCUT2D eigenvalue weighted by Gasteiger charge is -2.43. The summed E-state index contributed by atoms with van der Waals surface area (Å²) >= 11 is 12.3. The van der Waals surface area contributed by atoms with E-state index in [1.165, 1.54) is 6.42 Å². The second-order valence-electron chi connectivity index (χ2n) is 6.01. The van der Waals surface area contributed by atoms with E-state index in [4.69, 9.17) is 28.9 Å². The minimum atomic E-state index is -0.645. The van der Waals surface area contributed by atoms with Crippen LogP contribution in [0.5, 0.6) is 0 Å². The molecule has 0 saturated heterocycles. The van der Waals surface area contributed by atoms with Crippen molar-refractivity contribution in [3.8, 4) is 0 Å². The smallest absolute Gasteiger partial charge is 0.0873 e. The molecule has 20 heavy (non-hydrogen) atoms. The van der Waals surface area contributed by atoms with Gasteiger partial charge in [0.25, 0.3) is 0 Å². The average molecular weight is 316 g/mol. The molecule has 1 aromatic rings. The Bertz CT molecular complexity index is 466. The zero-order chi connectivity index (χ0) is 14.8. The number of halogens is 2. The van der Waals surface area contributed by atoms with E-state index in [9.17, 15) is 5.11 Å². The van der Waals surface area contributed by atoms with Crippen LogP contribution in [-0.2, 0) is 0 Å². The Morgan fingerprint density at radius 3 is 2.85 bits per heavy atom. The Morgan fingerprint density at radius 2 is 2.20 bits per heavy atom. The maximum Gasteiger partial charge on any atom is 0.0873 e. The molecule has 0 heterocycles. The lowest BCUT2D eigenvalue weighted by atomic mass is 9.64. The highest BCUT2D eigenvalue weighted by molar-refractivity contribution is 6.33. The molecule has 0 amide bonds. The second kappa shape index (κ2) is 6.65. The van der Waals surface area contributed by atoms with Crippen LogP contribution in [-0.4, -0.2) is 11.7 Å². The highest BCUT2D eigenvalue weighted by Crippen LogP contribution is 2.49. The maximum atomic E-state index is 10.9. The van der Waals surface area contributed by atoms with Gasteiger partial charge in [0.1, 0.15) is 0 Å². The predicted octanol–water partition coefficient (Wildman–Crippen LogP) is 4.57. The van der Waals surface area contributed by atoms with Crippen molar-refractivity contribution in [1.29, 1.82) is 0 Å². The predicted molar refractivity (Wildman–Crippen MR) is 85.2 cm³/mol. The van der Waals surface area contributed by atoms with E-state index >= 15 is 0 Å². The van der Waals surface area contributed by atoms with Gasteiger partial charge in [-0.2, -0.15) is 0 Å². The molecule has 3 N–H and O–H groups in total. The fourth-order valence-electron chi connectivity index (χ4n) is 3.47. The number of hydrogen-bond acceptors (Lipinski definition) is 2. The number of benzene rings is 1. The Hall–Kier alpha value is -0.280. The minimum absolute atomic E-state index is 0.271. The third-order valence-electron chi connectivity index (χ3n) is 4.80. The molecule has 4 heteroatoms. The molecule has 0 bridgehead atoms. The van der Waals surface area contributed by atoms with Crippen molar-refractivity contribution in [1.82, 2.24) is 0 Å². The molecular weight excluding hydrogens is 293 g/mol. The highest BCUT2D eigenvalue weighted by atomic mass is 35.5. The summed E-state index contributed by atoms with van der Waals surface area (Å²) in [5, 5.41) is 12.1. The van der Waals surface area contributed by atoms with Gasteiger partial charge in [0, 0.05) is 27.6 Å². The molecule has 1 aromatic carbocycles. The lowest BCUT2D eigenvalue weighted by Crippen LogP contribution is -2.41. The molecule has 1 aliphatic rings. The van der Waals surface area contributed by atoms with Crippen molar-refractivity contribution < 1.29 is 5.11 Å². The van der Waals surface area contributed by atoms with Crippen LogP contribution in [0.25, 0.3) is 0 Å². The molecule has 1 aliphatic carbocycles. The molecule has 1 fully saturated rings. The Kier molecular flexibility index (Phi) is 5.36. The maximum absolute atomic E-state index is 10.9. The summed E-state index contributed by atoms with van der Waals surface area (Å²) in [6, 6.07) is 5.25. The molecule has 0 aromatic heterocycles. The highest BCUT2D eigenvalue weighted by Gasteiger charge is 2.42. The van der Waals surface area contributed by atoms with Crippen molar-refractivity contribution in [2.24, 2.45) is 17.1 Å². The number of nitrogens with two attached hydrogens (primary N) is 1. The van der Waals surface area contributed by atoms with E-state index in [-0.39, 0.29) is 5.41 Å². The SMILES string of the molecule is CCC1CCCC(CN)(C(O)c2cc(Cl)ccc2Cl)C1. The van der Waals surface area contributed by atoms with Gasteiger partial charge < -0.3 is 10.8 Å². The third-order valence-corrected chi connectivity index (χ3v) is 5.38. The molecule has 3 unspecified atom stereocenters. The molecule has 3 atom stereocenters. The van der Waals surface area contributed by atoms with Crippen LogP contribution in [0.3, 0.4) is 0 Å². The summed E-state index contributed by atoms with van der Waals surface area (Å²) in [4.78, 5) is 0. The van der Waals surface area contributed by atoms with E-state index in [1.807, 2.05) is 0 Å². The molecule has 112 valence electrons. The van der Waals surface area contributed by atoms with E-state index in [0.29, 0.717) is 28.1 Å². The molecule has 0 radical (unpaired) electrons. The topological polar surface area (TPSA) is 46.2 Å². The van der Waals surface area contributed by atoms with Crippen molar-refractivity contribution in [3.05, 3.63) is 33.8 Å². The zero-order valence-electron chi connectivity index (χ0n) is 11.9. The van der Waals surface area contributed by atoms with Gasteiger partial charge >= 0.3 is 0 Å². The summed E-state index contributed by atoms with van der Waals surface area (Å²) in [6.07, 6.45) is 4.75. The van der Waals surface area contributed by atoms with Gasteiger partial charge in [0.15, 0.2) is 0 Å². The first-order chi connectivity index (χ1) is 9.52. The summed E-state index contributed by atoms with van der Waals surface area (Å²) in [7, 11) is 0. The van der Waals surface area contributed by atoms with Crippen molar-refractivity contribution >= 4 is 23.2 Å². The summed E-state index contributed by atoms with van der Waals surface area (Å²) in [5.41, 5.74) is 6.48. The van der Waals surface area contributed by atoms with Crippen molar-refractivity contribution in [3.63, 3.8) is 0 Å². The summed E-state index contributed by atoms with van der Waals surface area (Å²) in [5.74, 6) is 0.639. The Labute approximate surface area is 131 Å². The fourth-order valence-corrected chi connectivity index (χ4v) is 3.87. The first-order valence-electron chi connectivity index (χ1n) is 7.35. The Balaban J connectivity index is 2.32. The van der Waals surface area contributed by atoms with Gasteiger partial charge in [-0.05, 0) is 37.0 Å². The Morgan fingerprint density at radius 1 is 1.45 bits per heavy atom. The van der Waals surface area contributed by atoms with Crippen LogP contribution in [0.2, 0.25) is 10.0 Å². The largest absolute Gasteiger partial charge is 0.388 e. The summed E-state index contributed by atoms with van der Waals surface area (Å²) in [6.45, 7) is 2.68. The van der Waals surface area contributed by atoms with Gasteiger partial charge in [0.2, 0.25) is 0 Å². The number of aliphatic hydroxyl groups excluding tert-OH is 1. The molecule has 0 spiro atoms. The van der Waals surface area contributed by atoms with Crippen LogP contribution in [0.15, 0.2) is 18.2 Å². The second-order valence-corrected chi connectivity index (χ2v) is 6.85. The zero-order valence-corrected chi connectivity index (χ0v) is 13.4. The van der Waals surface area contributed by atoms with E-state index < -0.39 is 6.10 Å². The normalized spacial score (nSPS) is 28.4. The van der Waals surface area contributed by atoms with E-state index in [0.717, 1.165) is 25.7 Å². The van der Waals surface area contributed by atoms with Crippen LogP contribution >= 0.6 is 23.2 Å². The van der Waals surface area contributed by atoms with E-state index in [1.54, 1.807) is 18.2 Å². The van der Waals surface area contributed by atoms with E-state index in [2.05, 4.69) is 6.92 Å². The van der Waals surface area contributed by atoms with Crippen LogP contribution in [0.1, 0.15) is 50.7 Å². The molecule has 2 nitrogen and oxygen atoms in total. The lowest BCUT2D eigenvalue weighted by molar-refractivity contribution is -0.0161. The van der Waals surface area contributed by atoms with Crippen molar-refractivity contribution in [2.75, 3.05) is 6.54 Å². The monoisotopic (exact) mass is 315 g/mol. The number of aliphatic hydroxyl groups is 1. The van der Waals surface area contributed by atoms with Crippen LogP contribution in [0, 0.1) is 11.3 Å². The van der Waals surface area contributed by atoms with Gasteiger partial charge in [-0.1, -0.05) is 49.4 Å². The van der Waals surface area contributed by atoms with Gasteiger partial charge in [-0.3, -0.25) is 0 Å². The molecule has 1 saturated carbocycles. The number of rotatable bonds is 4. The van der Waals surface area contributed by atoms with Crippen LogP contribution in [0.4, 0.5) is 0 Å². The summed E-state index contributed by atoms with van der Waals surface area (Å²) < 4.78 is 0. The van der Waals surface area contributed by atoms with Gasteiger partial charge in [-0.15, -0.1) is 0 Å². The van der Waals surface area contributed by atoms with Crippen molar-refractivity contribution in [2.45, 2.75) is 45.1 Å². The number of hydrogen-bond donors (Lipinski definition) is 2. The third kappa shape index (κ3) is 3.14. The first kappa shape index (κ1) is 16.1.